The third-order valence-electron chi connectivity index (χ3n) is 4.43. The lowest BCUT2D eigenvalue weighted by atomic mass is 10.0. The lowest BCUT2D eigenvalue weighted by Gasteiger charge is -2.16. The van der Waals surface area contributed by atoms with Crippen molar-refractivity contribution >= 4 is 17.7 Å². The molecule has 0 radical (unpaired) electrons. The highest BCUT2D eigenvalue weighted by Gasteiger charge is 2.20. The average Bonchev–Trinajstić information content (AvgIpc) is 3.17. The Morgan fingerprint density at radius 2 is 2.00 bits per heavy atom. The summed E-state index contributed by atoms with van der Waals surface area (Å²) in [7, 11) is 0. The van der Waals surface area contributed by atoms with Gasteiger partial charge in [-0.1, -0.05) is 57.2 Å². The van der Waals surface area contributed by atoms with E-state index in [1.54, 1.807) is 12.4 Å². The summed E-state index contributed by atoms with van der Waals surface area (Å²) in [4.78, 5) is 16.3. The zero-order chi connectivity index (χ0) is 20.6. The van der Waals surface area contributed by atoms with E-state index in [0.717, 1.165) is 24.1 Å². The Kier molecular flexibility index (Phi) is 7.41. The van der Waals surface area contributed by atoms with Gasteiger partial charge in [0.2, 0.25) is 0 Å². The fourth-order valence-corrected chi connectivity index (χ4v) is 3.68. The molecule has 0 atom stereocenters. The molecule has 2 aromatic heterocycles. The number of carbonyl (C=O) groups excluding carboxylic acids is 1. The van der Waals surface area contributed by atoms with Gasteiger partial charge in [0.05, 0.1) is 18.0 Å². The standard InChI is InChI=1S/C22H26N4O2S/c1-4-5-13-28-20(27)15-29-22-25-24-21(17-9-8-12-23-14-17)26(22)19-11-7-6-10-18(19)16(2)3/h6-12,14,16H,4-5,13,15H2,1-3H3. The Labute approximate surface area is 175 Å². The maximum absolute atomic E-state index is 12.1. The molecule has 152 valence electrons. The largest absolute Gasteiger partial charge is 0.465 e. The average molecular weight is 411 g/mol. The van der Waals surface area contributed by atoms with Crippen molar-refractivity contribution in [3.8, 4) is 17.1 Å². The first kappa shape index (κ1) is 21.0. The first-order chi connectivity index (χ1) is 14.1. The number of pyridine rings is 1. The van der Waals surface area contributed by atoms with Crippen LogP contribution < -0.4 is 0 Å². The molecule has 0 aliphatic heterocycles. The number of thioether (sulfide) groups is 1. The van der Waals surface area contributed by atoms with E-state index in [0.29, 0.717) is 23.5 Å². The van der Waals surface area contributed by atoms with E-state index in [1.807, 2.05) is 28.8 Å². The monoisotopic (exact) mass is 410 g/mol. The molecule has 2 heterocycles. The molecule has 0 saturated carbocycles. The number of ether oxygens (including phenoxy) is 1. The lowest BCUT2D eigenvalue weighted by Crippen LogP contribution is -2.10. The Bertz CT molecular complexity index is 941. The second-order valence-corrected chi connectivity index (χ2v) is 7.90. The van der Waals surface area contributed by atoms with Crippen LogP contribution in [0.1, 0.15) is 45.1 Å². The highest BCUT2D eigenvalue weighted by molar-refractivity contribution is 7.99. The minimum Gasteiger partial charge on any atom is -0.465 e. The van der Waals surface area contributed by atoms with Gasteiger partial charge in [-0.3, -0.25) is 14.3 Å². The van der Waals surface area contributed by atoms with Crippen molar-refractivity contribution in [2.45, 2.75) is 44.7 Å². The Morgan fingerprint density at radius 3 is 2.72 bits per heavy atom. The number of nitrogens with zero attached hydrogens (tertiary/aromatic N) is 4. The van der Waals surface area contributed by atoms with Gasteiger partial charge in [-0.25, -0.2) is 0 Å². The van der Waals surface area contributed by atoms with Crippen LogP contribution in [0, 0.1) is 0 Å². The number of carbonyl (C=O) groups is 1. The van der Waals surface area contributed by atoms with Gasteiger partial charge in [0, 0.05) is 18.0 Å². The number of hydrogen-bond acceptors (Lipinski definition) is 6. The molecule has 1 aromatic carbocycles. The van der Waals surface area contributed by atoms with Gasteiger partial charge in [0.25, 0.3) is 0 Å². The van der Waals surface area contributed by atoms with E-state index in [9.17, 15) is 4.79 Å². The first-order valence-electron chi connectivity index (χ1n) is 9.85. The number of benzene rings is 1. The summed E-state index contributed by atoms with van der Waals surface area (Å²) in [5.74, 6) is 0.983. The van der Waals surface area contributed by atoms with Crippen LogP contribution in [0.2, 0.25) is 0 Å². The molecule has 0 spiro atoms. The number of unbranched alkanes of at least 4 members (excludes halogenated alkanes) is 1. The number of aromatic nitrogens is 4. The van der Waals surface area contributed by atoms with Crippen LogP contribution in [0.15, 0.2) is 53.9 Å². The predicted molar refractivity (Wildman–Crippen MR) is 115 cm³/mol. The van der Waals surface area contributed by atoms with Gasteiger partial charge in [0.1, 0.15) is 0 Å². The lowest BCUT2D eigenvalue weighted by molar-refractivity contribution is -0.140. The first-order valence-corrected chi connectivity index (χ1v) is 10.8. The van der Waals surface area contributed by atoms with E-state index >= 15 is 0 Å². The number of para-hydroxylation sites is 1. The summed E-state index contributed by atoms with van der Waals surface area (Å²) < 4.78 is 7.29. The van der Waals surface area contributed by atoms with Crippen LogP contribution in [-0.4, -0.2) is 38.1 Å². The van der Waals surface area contributed by atoms with E-state index < -0.39 is 0 Å². The van der Waals surface area contributed by atoms with Crippen LogP contribution in [0.4, 0.5) is 0 Å². The van der Waals surface area contributed by atoms with Crippen molar-refractivity contribution in [2.24, 2.45) is 0 Å². The van der Waals surface area contributed by atoms with Gasteiger partial charge in [-0.05, 0) is 36.1 Å². The molecular formula is C22H26N4O2S. The number of rotatable bonds is 9. The maximum Gasteiger partial charge on any atom is 0.316 e. The van der Waals surface area contributed by atoms with E-state index in [-0.39, 0.29) is 11.7 Å². The maximum atomic E-state index is 12.1. The Hall–Kier alpha value is -2.67. The second kappa shape index (κ2) is 10.2. The van der Waals surface area contributed by atoms with Crippen LogP contribution >= 0.6 is 11.8 Å². The smallest absolute Gasteiger partial charge is 0.316 e. The molecule has 3 aromatic rings. The summed E-state index contributed by atoms with van der Waals surface area (Å²) in [6.07, 6.45) is 5.37. The molecule has 0 N–H and O–H groups in total. The summed E-state index contributed by atoms with van der Waals surface area (Å²) in [6.45, 7) is 6.84. The third kappa shape index (κ3) is 5.23. The van der Waals surface area contributed by atoms with Crippen molar-refractivity contribution in [3.05, 3.63) is 54.4 Å². The van der Waals surface area contributed by atoms with Gasteiger partial charge >= 0.3 is 5.97 Å². The van der Waals surface area contributed by atoms with Crippen LogP contribution in [-0.2, 0) is 9.53 Å². The van der Waals surface area contributed by atoms with Crippen molar-refractivity contribution in [1.82, 2.24) is 19.7 Å². The molecular weight excluding hydrogens is 384 g/mol. The predicted octanol–water partition coefficient (Wildman–Crippen LogP) is 4.89. The molecule has 29 heavy (non-hydrogen) atoms. The van der Waals surface area contributed by atoms with Gasteiger partial charge in [-0.15, -0.1) is 10.2 Å². The zero-order valence-electron chi connectivity index (χ0n) is 17.0. The topological polar surface area (TPSA) is 69.9 Å². The highest BCUT2D eigenvalue weighted by Crippen LogP contribution is 2.31. The minimum atomic E-state index is -0.238. The zero-order valence-corrected chi connectivity index (χ0v) is 17.9. The quantitative estimate of drug-likeness (QED) is 0.284. The van der Waals surface area contributed by atoms with E-state index in [2.05, 4.69) is 48.1 Å². The minimum absolute atomic E-state index is 0.193. The van der Waals surface area contributed by atoms with Crippen molar-refractivity contribution in [1.29, 1.82) is 0 Å². The molecule has 0 fully saturated rings. The van der Waals surface area contributed by atoms with Gasteiger partial charge in [0.15, 0.2) is 11.0 Å². The molecule has 7 heteroatoms. The molecule has 6 nitrogen and oxygen atoms in total. The molecule has 0 aliphatic rings. The number of hydrogen-bond donors (Lipinski definition) is 0. The van der Waals surface area contributed by atoms with Crippen LogP contribution in [0.25, 0.3) is 17.1 Å². The fraction of sp³-hybridized carbons (Fsp3) is 0.364. The molecule has 0 bridgehead atoms. The summed E-state index contributed by atoms with van der Waals surface area (Å²) in [5, 5.41) is 9.45. The number of esters is 1. The van der Waals surface area contributed by atoms with Gasteiger partial charge < -0.3 is 4.74 Å². The third-order valence-corrected chi connectivity index (χ3v) is 5.34. The molecule has 0 unspecified atom stereocenters. The highest BCUT2D eigenvalue weighted by atomic mass is 32.2. The molecule has 0 saturated heterocycles. The second-order valence-electron chi connectivity index (χ2n) is 6.96. The van der Waals surface area contributed by atoms with Crippen molar-refractivity contribution < 1.29 is 9.53 Å². The summed E-state index contributed by atoms with van der Waals surface area (Å²) in [6, 6.07) is 12.0. The Balaban J connectivity index is 1.96. The van der Waals surface area contributed by atoms with Gasteiger partial charge in [-0.2, -0.15) is 0 Å². The molecule has 0 aliphatic carbocycles. The van der Waals surface area contributed by atoms with Crippen LogP contribution in [0.3, 0.4) is 0 Å². The van der Waals surface area contributed by atoms with Crippen molar-refractivity contribution in [3.63, 3.8) is 0 Å². The molecule has 0 amide bonds. The fourth-order valence-electron chi connectivity index (χ4n) is 2.94. The van der Waals surface area contributed by atoms with Crippen LogP contribution in [0.5, 0.6) is 0 Å². The molecule has 3 rings (SSSR count). The van der Waals surface area contributed by atoms with E-state index in [4.69, 9.17) is 4.74 Å². The normalized spacial score (nSPS) is 11.0. The summed E-state index contributed by atoms with van der Waals surface area (Å²) >= 11 is 1.34. The Morgan fingerprint density at radius 1 is 1.17 bits per heavy atom. The summed E-state index contributed by atoms with van der Waals surface area (Å²) in [5.41, 5.74) is 3.06. The van der Waals surface area contributed by atoms with Crippen molar-refractivity contribution in [2.75, 3.05) is 12.4 Å². The van der Waals surface area contributed by atoms with E-state index in [1.165, 1.54) is 17.3 Å². The SMILES string of the molecule is CCCCOC(=O)CSc1nnc(-c2cccnc2)n1-c1ccccc1C(C)C.